The average Bonchev–Trinajstić information content (AvgIpc) is 2.66. The molecule has 1 aliphatic heterocycles. The minimum absolute atomic E-state index is 0.0132. The first kappa shape index (κ1) is 17.0. The molecular weight excluding hydrogens is 324 g/mol. The smallest absolute Gasteiger partial charge is 0.292 e. The van der Waals surface area contributed by atoms with Crippen molar-refractivity contribution < 1.29 is 9.66 Å². The van der Waals surface area contributed by atoms with Crippen molar-refractivity contribution >= 4 is 34.7 Å². The maximum atomic E-state index is 11.2. The van der Waals surface area contributed by atoms with E-state index in [0.29, 0.717) is 17.9 Å². The van der Waals surface area contributed by atoms with Crippen LogP contribution in [0.2, 0.25) is 0 Å². The van der Waals surface area contributed by atoms with Gasteiger partial charge in [0.15, 0.2) is 0 Å². The van der Waals surface area contributed by atoms with Crippen LogP contribution in [-0.2, 0) is 0 Å². The van der Waals surface area contributed by atoms with Crippen LogP contribution < -0.4 is 10.1 Å². The Kier molecular flexibility index (Phi) is 4.63. The molecular formula is C15H19ClN2O3S. The van der Waals surface area contributed by atoms with E-state index in [1.807, 2.05) is 33.1 Å². The lowest BCUT2D eigenvalue weighted by molar-refractivity contribution is -0.384. The first-order chi connectivity index (χ1) is 10.1. The number of benzene rings is 1. The van der Waals surface area contributed by atoms with Crippen molar-refractivity contribution in [2.45, 2.75) is 44.0 Å². The molecule has 1 aromatic carbocycles. The molecule has 1 aromatic rings. The molecule has 0 spiro atoms. The molecule has 0 saturated heterocycles. The van der Waals surface area contributed by atoms with Gasteiger partial charge in [0.05, 0.1) is 4.92 Å². The first-order valence-corrected chi connectivity index (χ1v) is 8.12. The van der Waals surface area contributed by atoms with Crippen molar-refractivity contribution in [3.05, 3.63) is 39.3 Å². The number of halogens is 1. The Bertz CT molecular complexity index is 628. The number of nitrogens with one attached hydrogen (secondary N) is 1. The fourth-order valence-corrected chi connectivity index (χ4v) is 3.43. The fraction of sp³-hybridized carbons (Fsp3) is 0.467. The Morgan fingerprint density at radius 2 is 2.14 bits per heavy atom. The lowest BCUT2D eigenvalue weighted by Crippen LogP contribution is -2.27. The summed E-state index contributed by atoms with van der Waals surface area (Å²) in [4.78, 5) is 10.7. The minimum atomic E-state index is -0.876. The minimum Gasteiger partial charge on any atom is -0.462 e. The number of anilines is 1. The van der Waals surface area contributed by atoms with E-state index in [1.54, 1.807) is 12.1 Å². The third-order valence-electron chi connectivity index (χ3n) is 2.87. The fourth-order valence-electron chi connectivity index (χ4n) is 2.08. The largest absolute Gasteiger partial charge is 0.462 e. The number of hydrogen-bond donors (Lipinski definition) is 1. The van der Waals surface area contributed by atoms with Crippen molar-refractivity contribution in [1.82, 2.24) is 0 Å². The molecule has 1 N–H and O–H groups in total. The molecule has 0 aromatic heterocycles. The average molecular weight is 343 g/mol. The molecule has 0 amide bonds. The number of alkyl halides is 1. The van der Waals surface area contributed by atoms with Crippen LogP contribution in [0.15, 0.2) is 29.2 Å². The number of nitrogens with zero attached hydrogens (tertiary/aromatic N) is 1. The van der Waals surface area contributed by atoms with E-state index in [2.05, 4.69) is 5.32 Å². The highest BCUT2D eigenvalue weighted by molar-refractivity contribution is 8.04. The number of nitro benzene ring substituents is 1. The number of ether oxygens (including phenoxy) is 1. The molecule has 0 bridgehead atoms. The molecule has 120 valence electrons. The first-order valence-electron chi connectivity index (χ1n) is 6.86. The summed E-state index contributed by atoms with van der Waals surface area (Å²) in [5.41, 5.74) is 1.28. The second-order valence-electron chi connectivity index (χ2n) is 6.33. The van der Waals surface area contributed by atoms with Gasteiger partial charge in [-0.3, -0.25) is 10.1 Å². The number of hydrogen-bond acceptors (Lipinski definition) is 5. The summed E-state index contributed by atoms with van der Waals surface area (Å²) >= 11 is 7.83. The van der Waals surface area contributed by atoms with E-state index in [1.165, 1.54) is 17.8 Å². The second kappa shape index (κ2) is 6.01. The Hall–Kier alpha value is -1.40. The zero-order chi connectivity index (χ0) is 16.5. The van der Waals surface area contributed by atoms with Crippen LogP contribution in [0.5, 0.6) is 5.75 Å². The molecule has 0 saturated carbocycles. The van der Waals surface area contributed by atoms with Gasteiger partial charge >= 0.3 is 0 Å². The molecule has 0 aliphatic carbocycles. The molecule has 22 heavy (non-hydrogen) atoms. The molecule has 1 heterocycles. The molecule has 1 unspecified atom stereocenters. The Labute approximate surface area is 139 Å². The van der Waals surface area contributed by atoms with Crippen molar-refractivity contribution in [1.29, 1.82) is 0 Å². The van der Waals surface area contributed by atoms with Gasteiger partial charge in [-0.1, -0.05) is 28.9 Å². The summed E-state index contributed by atoms with van der Waals surface area (Å²) in [6.45, 7) is 7.80. The van der Waals surface area contributed by atoms with E-state index in [0.717, 1.165) is 5.57 Å². The van der Waals surface area contributed by atoms with Crippen molar-refractivity contribution in [2.75, 3.05) is 5.32 Å². The van der Waals surface area contributed by atoms with Crippen LogP contribution in [0.3, 0.4) is 0 Å². The van der Waals surface area contributed by atoms with Gasteiger partial charge < -0.3 is 10.1 Å². The summed E-state index contributed by atoms with van der Waals surface area (Å²) in [5, 5.41) is 16.3. The molecule has 2 rings (SSSR count). The molecule has 5 nitrogen and oxygen atoms in total. The van der Waals surface area contributed by atoms with Crippen LogP contribution in [0.4, 0.5) is 11.4 Å². The zero-order valence-corrected chi connectivity index (χ0v) is 14.5. The van der Waals surface area contributed by atoms with E-state index < -0.39 is 9.32 Å². The van der Waals surface area contributed by atoms with Gasteiger partial charge in [-0.05, 0) is 39.2 Å². The predicted octanol–water partition coefficient (Wildman–Crippen LogP) is 5.12. The summed E-state index contributed by atoms with van der Waals surface area (Å²) in [7, 11) is 0. The summed E-state index contributed by atoms with van der Waals surface area (Å²) < 4.78 is 4.96. The Morgan fingerprint density at radius 3 is 2.64 bits per heavy atom. The highest BCUT2D eigenvalue weighted by atomic mass is 35.5. The van der Waals surface area contributed by atoms with Gasteiger partial charge in [-0.2, -0.15) is 0 Å². The van der Waals surface area contributed by atoms with Crippen LogP contribution in [0, 0.1) is 10.1 Å². The number of thioether (sulfide) groups is 1. The molecule has 1 atom stereocenters. The van der Waals surface area contributed by atoms with Gasteiger partial charge in [0.2, 0.25) is 4.39 Å². The third-order valence-corrected chi connectivity index (χ3v) is 4.45. The normalized spacial score (nSPS) is 21.4. The van der Waals surface area contributed by atoms with Crippen molar-refractivity contribution in [3.8, 4) is 5.75 Å². The van der Waals surface area contributed by atoms with Gasteiger partial charge in [-0.25, -0.2) is 0 Å². The van der Waals surface area contributed by atoms with Gasteiger partial charge in [0.25, 0.3) is 5.69 Å². The van der Waals surface area contributed by atoms with E-state index in [4.69, 9.17) is 16.3 Å². The highest BCUT2D eigenvalue weighted by Gasteiger charge is 2.35. The Balaban J connectivity index is 2.27. The van der Waals surface area contributed by atoms with E-state index >= 15 is 0 Å². The molecule has 0 fully saturated rings. The van der Waals surface area contributed by atoms with E-state index in [9.17, 15) is 10.1 Å². The standard InChI is InChI=1S/C15H19ClN2O3S/c1-10-8-15(16,22-9-10)21-11-5-6-13(18(19)20)12(7-11)17-14(2,3)4/h5-7,9,17H,8H2,1-4H3. The lowest BCUT2D eigenvalue weighted by Gasteiger charge is -2.25. The van der Waals surface area contributed by atoms with Gasteiger partial charge in [-0.15, -0.1) is 0 Å². The second-order valence-corrected chi connectivity index (χ2v) is 8.30. The molecule has 7 heteroatoms. The van der Waals surface area contributed by atoms with Crippen LogP contribution >= 0.6 is 23.4 Å². The quantitative estimate of drug-likeness (QED) is 0.467. The van der Waals surface area contributed by atoms with Crippen LogP contribution in [0.1, 0.15) is 34.1 Å². The number of nitro groups is 1. The maximum absolute atomic E-state index is 11.2. The third kappa shape index (κ3) is 4.30. The molecule has 1 aliphatic rings. The summed E-state index contributed by atoms with van der Waals surface area (Å²) in [5.74, 6) is 0.503. The lowest BCUT2D eigenvalue weighted by atomic mass is 10.1. The highest BCUT2D eigenvalue weighted by Crippen LogP contribution is 2.45. The van der Waals surface area contributed by atoms with E-state index in [-0.39, 0.29) is 11.2 Å². The zero-order valence-electron chi connectivity index (χ0n) is 13.0. The Morgan fingerprint density at radius 1 is 1.45 bits per heavy atom. The molecule has 0 radical (unpaired) electrons. The summed E-state index contributed by atoms with van der Waals surface area (Å²) in [6, 6.07) is 4.63. The SMILES string of the molecule is CC1=CSC(Cl)(Oc2ccc([N+](=O)[O-])c(NC(C)(C)C)c2)C1. The van der Waals surface area contributed by atoms with Gasteiger partial charge in [0.1, 0.15) is 11.4 Å². The summed E-state index contributed by atoms with van der Waals surface area (Å²) in [6.07, 6.45) is 0.609. The number of rotatable bonds is 4. The monoisotopic (exact) mass is 342 g/mol. The topological polar surface area (TPSA) is 64.4 Å². The van der Waals surface area contributed by atoms with Crippen molar-refractivity contribution in [2.24, 2.45) is 0 Å². The maximum Gasteiger partial charge on any atom is 0.292 e. The predicted molar refractivity (Wildman–Crippen MR) is 91.6 cm³/mol. The van der Waals surface area contributed by atoms with Crippen LogP contribution in [-0.4, -0.2) is 14.9 Å². The van der Waals surface area contributed by atoms with Gasteiger partial charge in [0, 0.05) is 24.1 Å². The van der Waals surface area contributed by atoms with Crippen LogP contribution in [0.25, 0.3) is 0 Å². The van der Waals surface area contributed by atoms with Crippen molar-refractivity contribution in [3.63, 3.8) is 0 Å².